The number of carboxylic acid groups (broad SMARTS) is 1. The van der Waals surface area contributed by atoms with Gasteiger partial charge in [0.2, 0.25) is 0 Å². The van der Waals surface area contributed by atoms with Gasteiger partial charge in [0.1, 0.15) is 5.52 Å². The highest BCUT2D eigenvalue weighted by atomic mass is 16.4. The number of hydrogen-bond acceptors (Lipinski definition) is 3. The third-order valence-corrected chi connectivity index (χ3v) is 6.10. The van der Waals surface area contributed by atoms with Crippen LogP contribution in [0.3, 0.4) is 0 Å². The van der Waals surface area contributed by atoms with Crippen molar-refractivity contribution < 1.29 is 9.90 Å². The summed E-state index contributed by atoms with van der Waals surface area (Å²) < 4.78 is 2.25. The number of benzene rings is 2. The van der Waals surface area contributed by atoms with Crippen LogP contribution in [0.15, 0.2) is 54.6 Å². The Hall–Kier alpha value is -3.47. The third kappa shape index (κ3) is 5.30. The molecule has 0 spiro atoms. The van der Waals surface area contributed by atoms with Crippen LogP contribution < -0.4 is 0 Å². The quantitative estimate of drug-likeness (QED) is 0.293. The molecule has 33 heavy (non-hydrogen) atoms. The molecule has 0 aliphatic rings. The van der Waals surface area contributed by atoms with E-state index in [4.69, 9.17) is 15.1 Å². The molecule has 0 bridgehead atoms. The Labute approximate surface area is 195 Å². The Balaban J connectivity index is 1.70. The first-order valence-corrected chi connectivity index (χ1v) is 11.7. The molecule has 2 heterocycles. The average molecular weight is 442 g/mol. The summed E-state index contributed by atoms with van der Waals surface area (Å²) in [5.74, 6) is -0.717. The molecule has 170 valence electrons. The Morgan fingerprint density at radius 1 is 0.788 bits per heavy atom. The van der Waals surface area contributed by atoms with Crippen LogP contribution >= 0.6 is 0 Å². The lowest BCUT2D eigenvalue weighted by atomic mass is 10.0. The first-order chi connectivity index (χ1) is 15.9. The number of rotatable bonds is 9. The van der Waals surface area contributed by atoms with E-state index in [-0.39, 0.29) is 6.42 Å². The maximum Gasteiger partial charge on any atom is 0.303 e. The number of carbonyl (C=O) groups is 1. The molecule has 1 N–H and O–H groups in total. The monoisotopic (exact) mass is 441 g/mol. The number of carboxylic acids is 1. The van der Waals surface area contributed by atoms with Crippen LogP contribution in [0.1, 0.15) is 48.9 Å². The maximum atomic E-state index is 10.7. The van der Waals surface area contributed by atoms with E-state index >= 15 is 0 Å². The van der Waals surface area contributed by atoms with E-state index in [2.05, 4.69) is 79.9 Å². The zero-order valence-corrected chi connectivity index (χ0v) is 19.6. The highest BCUT2D eigenvalue weighted by Gasteiger charge is 2.17. The molecule has 0 saturated carbocycles. The summed E-state index contributed by atoms with van der Waals surface area (Å²) >= 11 is 0. The van der Waals surface area contributed by atoms with Crippen molar-refractivity contribution >= 4 is 17.1 Å². The molecule has 4 rings (SSSR count). The summed E-state index contributed by atoms with van der Waals surface area (Å²) in [7, 11) is 0. The highest BCUT2D eigenvalue weighted by molar-refractivity contribution is 5.85. The van der Waals surface area contributed by atoms with Gasteiger partial charge in [-0.2, -0.15) is 0 Å². The van der Waals surface area contributed by atoms with Crippen molar-refractivity contribution in [3.63, 3.8) is 0 Å². The molecule has 0 atom stereocenters. The molecule has 5 heteroatoms. The van der Waals surface area contributed by atoms with Crippen molar-refractivity contribution in [2.45, 2.75) is 59.4 Å². The number of unbranched alkanes of at least 4 members (excludes halogenated alkanes) is 3. The lowest BCUT2D eigenvalue weighted by Gasteiger charge is -2.12. The predicted molar refractivity (Wildman–Crippen MR) is 133 cm³/mol. The van der Waals surface area contributed by atoms with E-state index < -0.39 is 5.97 Å². The summed E-state index contributed by atoms with van der Waals surface area (Å²) in [6.45, 7) is 7.13. The molecule has 2 aromatic heterocycles. The summed E-state index contributed by atoms with van der Waals surface area (Å²) in [6.07, 6.45) is 3.91. The van der Waals surface area contributed by atoms with Crippen LogP contribution in [-0.4, -0.2) is 25.6 Å². The summed E-state index contributed by atoms with van der Waals surface area (Å²) in [6, 6.07) is 19.0. The molecular weight excluding hydrogens is 410 g/mol. The minimum absolute atomic E-state index is 0.249. The topological polar surface area (TPSA) is 68.0 Å². The van der Waals surface area contributed by atoms with Gasteiger partial charge in [0.15, 0.2) is 5.65 Å². The molecule has 0 aliphatic carbocycles. The van der Waals surface area contributed by atoms with Crippen molar-refractivity contribution in [1.82, 2.24) is 14.5 Å². The Morgan fingerprint density at radius 2 is 1.33 bits per heavy atom. The van der Waals surface area contributed by atoms with E-state index in [1.807, 2.05) is 0 Å². The molecule has 0 fully saturated rings. The average Bonchev–Trinajstić information content (AvgIpc) is 3.10. The van der Waals surface area contributed by atoms with Gasteiger partial charge >= 0.3 is 5.97 Å². The van der Waals surface area contributed by atoms with Crippen molar-refractivity contribution in [3.05, 3.63) is 71.4 Å². The summed E-state index contributed by atoms with van der Waals surface area (Å²) in [5, 5.41) is 8.81. The first kappa shape index (κ1) is 22.7. The standard InChI is InChI=1S/C28H31N3O2/c1-19-9-13-22(14-10-19)26-27(23-15-11-20(2)12-16-23)30-28-24(29-26)18-21(3)31(28)17-7-5-4-6-8-25(32)33/h9-16,18H,4-8,17H2,1-3H3,(H,32,33). The second-order valence-corrected chi connectivity index (χ2v) is 8.86. The molecule has 0 unspecified atom stereocenters. The normalized spacial score (nSPS) is 11.2. The molecule has 5 nitrogen and oxygen atoms in total. The third-order valence-electron chi connectivity index (χ3n) is 6.10. The largest absolute Gasteiger partial charge is 0.481 e. The van der Waals surface area contributed by atoms with Crippen LogP contribution in [0, 0.1) is 20.8 Å². The number of fused-ring (bicyclic) bond motifs is 1. The second kappa shape index (κ2) is 9.99. The lowest BCUT2D eigenvalue weighted by molar-refractivity contribution is -0.137. The second-order valence-electron chi connectivity index (χ2n) is 8.86. The van der Waals surface area contributed by atoms with Gasteiger partial charge in [0.25, 0.3) is 0 Å². The number of aliphatic carboxylic acids is 1. The molecule has 0 amide bonds. The van der Waals surface area contributed by atoms with Crippen LogP contribution in [0.5, 0.6) is 0 Å². The highest BCUT2D eigenvalue weighted by Crippen LogP contribution is 2.32. The van der Waals surface area contributed by atoms with E-state index in [1.165, 1.54) is 11.1 Å². The van der Waals surface area contributed by atoms with Gasteiger partial charge in [0, 0.05) is 29.8 Å². The van der Waals surface area contributed by atoms with Gasteiger partial charge < -0.3 is 9.67 Å². The summed E-state index contributed by atoms with van der Waals surface area (Å²) in [4.78, 5) is 20.9. The van der Waals surface area contributed by atoms with Crippen LogP contribution in [-0.2, 0) is 11.3 Å². The van der Waals surface area contributed by atoms with Crippen molar-refractivity contribution in [3.8, 4) is 22.5 Å². The Bertz CT molecular complexity index is 1260. The van der Waals surface area contributed by atoms with E-state index in [1.54, 1.807) is 0 Å². The van der Waals surface area contributed by atoms with Crippen molar-refractivity contribution in [2.75, 3.05) is 0 Å². The van der Waals surface area contributed by atoms with E-state index in [0.29, 0.717) is 0 Å². The molecule has 0 saturated heterocycles. The van der Waals surface area contributed by atoms with E-state index in [9.17, 15) is 4.79 Å². The summed E-state index contributed by atoms with van der Waals surface area (Å²) in [5.41, 5.74) is 9.31. The van der Waals surface area contributed by atoms with Gasteiger partial charge in [-0.1, -0.05) is 72.5 Å². The number of nitrogens with zero attached hydrogens (tertiary/aromatic N) is 3. The Morgan fingerprint density at radius 3 is 1.91 bits per heavy atom. The van der Waals surface area contributed by atoms with Crippen molar-refractivity contribution in [2.24, 2.45) is 0 Å². The lowest BCUT2D eigenvalue weighted by Crippen LogP contribution is -2.03. The van der Waals surface area contributed by atoms with Crippen LogP contribution in [0.25, 0.3) is 33.7 Å². The molecule has 0 radical (unpaired) electrons. The molecule has 4 aromatic rings. The van der Waals surface area contributed by atoms with Gasteiger partial charge in [-0.25, -0.2) is 9.97 Å². The fourth-order valence-electron chi connectivity index (χ4n) is 4.19. The van der Waals surface area contributed by atoms with Crippen molar-refractivity contribution in [1.29, 1.82) is 0 Å². The first-order valence-electron chi connectivity index (χ1n) is 11.7. The van der Waals surface area contributed by atoms with Gasteiger partial charge in [-0.05, 0) is 39.7 Å². The minimum atomic E-state index is -0.717. The van der Waals surface area contributed by atoms with Crippen LogP contribution in [0.4, 0.5) is 0 Å². The zero-order chi connectivity index (χ0) is 23.4. The number of aryl methyl sites for hydroxylation is 4. The SMILES string of the molecule is Cc1ccc(-c2nc3cc(C)n(CCCCCCC(=O)O)c3nc2-c2ccc(C)cc2)cc1. The predicted octanol–water partition coefficient (Wildman–Crippen LogP) is 6.73. The number of aromatic nitrogens is 3. The number of hydrogen-bond donors (Lipinski definition) is 1. The molecule has 0 aliphatic heterocycles. The molecule has 2 aromatic carbocycles. The fraction of sp³-hybridized carbons (Fsp3) is 0.321. The van der Waals surface area contributed by atoms with Gasteiger partial charge in [-0.15, -0.1) is 0 Å². The van der Waals surface area contributed by atoms with Crippen LogP contribution in [0.2, 0.25) is 0 Å². The van der Waals surface area contributed by atoms with Gasteiger partial charge in [-0.3, -0.25) is 4.79 Å². The maximum absolute atomic E-state index is 10.7. The fourth-order valence-corrected chi connectivity index (χ4v) is 4.19. The smallest absolute Gasteiger partial charge is 0.303 e. The van der Waals surface area contributed by atoms with E-state index in [0.717, 1.165) is 71.6 Å². The molecular formula is C28H31N3O2. The minimum Gasteiger partial charge on any atom is -0.481 e. The van der Waals surface area contributed by atoms with Gasteiger partial charge in [0.05, 0.1) is 11.4 Å². The zero-order valence-electron chi connectivity index (χ0n) is 19.6. The Kier molecular flexibility index (Phi) is 6.87.